The van der Waals surface area contributed by atoms with Crippen LogP contribution in [0.3, 0.4) is 0 Å². The first-order chi connectivity index (χ1) is 9.62. The lowest BCUT2D eigenvalue weighted by Gasteiger charge is -2.33. The van der Waals surface area contributed by atoms with Crippen molar-refractivity contribution in [2.75, 3.05) is 18.0 Å². The van der Waals surface area contributed by atoms with Gasteiger partial charge in [0.15, 0.2) is 5.13 Å². The maximum absolute atomic E-state index is 12.8. The molecule has 1 N–H and O–H groups in total. The lowest BCUT2D eigenvalue weighted by Crippen LogP contribution is -2.41. The van der Waals surface area contributed by atoms with Crippen LogP contribution in [0.25, 0.3) is 0 Å². The highest BCUT2D eigenvalue weighted by Gasteiger charge is 2.42. The molecule has 1 aliphatic rings. The largest absolute Gasteiger partial charge is 0.481 e. The molecule has 0 spiro atoms. The summed E-state index contributed by atoms with van der Waals surface area (Å²) in [6.07, 6.45) is -3.60. The number of carbonyl (C=O) groups is 1. The summed E-state index contributed by atoms with van der Waals surface area (Å²) in [6.45, 7) is 3.47. The number of hydrogen-bond acceptors (Lipinski definition) is 4. The molecule has 0 amide bonds. The van der Waals surface area contributed by atoms with E-state index in [0.29, 0.717) is 23.8 Å². The monoisotopic (exact) mass is 322 g/mol. The van der Waals surface area contributed by atoms with Crippen LogP contribution >= 0.6 is 11.3 Å². The van der Waals surface area contributed by atoms with Gasteiger partial charge in [0.1, 0.15) is 5.41 Å². The maximum atomic E-state index is 12.8. The Morgan fingerprint density at radius 1 is 1.48 bits per heavy atom. The van der Waals surface area contributed by atoms with Gasteiger partial charge in [0.25, 0.3) is 0 Å². The van der Waals surface area contributed by atoms with E-state index in [-0.39, 0.29) is 13.0 Å². The quantitative estimate of drug-likeness (QED) is 0.928. The van der Waals surface area contributed by atoms with Crippen LogP contribution in [0, 0.1) is 5.92 Å². The minimum Gasteiger partial charge on any atom is -0.481 e. The average Bonchev–Trinajstić information content (AvgIpc) is 2.88. The standard InChI is InChI=1S/C13H17F3N2O2S/c1-12(2,10(19)20)9-7-21-11(17-9)18-5-3-4-8(6-18)13(14,15)16/h7-8H,3-6H2,1-2H3,(H,19,20). The van der Waals surface area contributed by atoms with Gasteiger partial charge < -0.3 is 10.0 Å². The molecule has 2 rings (SSSR count). The second-order valence-corrected chi connectivity index (χ2v) is 6.61. The summed E-state index contributed by atoms with van der Waals surface area (Å²) in [7, 11) is 0. The zero-order valence-corrected chi connectivity index (χ0v) is 12.6. The van der Waals surface area contributed by atoms with E-state index in [4.69, 9.17) is 5.11 Å². The molecular weight excluding hydrogens is 305 g/mol. The van der Waals surface area contributed by atoms with Crippen molar-refractivity contribution in [1.82, 2.24) is 4.98 Å². The second-order valence-electron chi connectivity index (χ2n) is 5.77. The average molecular weight is 322 g/mol. The molecule has 1 fully saturated rings. The summed E-state index contributed by atoms with van der Waals surface area (Å²) in [5, 5.41) is 11.2. The second kappa shape index (κ2) is 5.47. The summed E-state index contributed by atoms with van der Waals surface area (Å²) in [4.78, 5) is 17.0. The van der Waals surface area contributed by atoms with Crippen molar-refractivity contribution in [2.24, 2.45) is 5.92 Å². The minimum absolute atomic E-state index is 0.107. The molecule has 1 aromatic rings. The Morgan fingerprint density at radius 2 is 2.14 bits per heavy atom. The van der Waals surface area contributed by atoms with Gasteiger partial charge in [0.05, 0.1) is 11.6 Å². The number of piperidine rings is 1. The van der Waals surface area contributed by atoms with Crippen molar-refractivity contribution in [3.63, 3.8) is 0 Å². The highest BCUT2D eigenvalue weighted by Crippen LogP contribution is 2.36. The van der Waals surface area contributed by atoms with Gasteiger partial charge in [-0.3, -0.25) is 4.79 Å². The van der Waals surface area contributed by atoms with Crippen molar-refractivity contribution in [1.29, 1.82) is 0 Å². The number of carboxylic acids is 1. The maximum Gasteiger partial charge on any atom is 0.393 e. The molecule has 1 saturated heterocycles. The Bertz CT molecular complexity index is 528. The topological polar surface area (TPSA) is 53.4 Å². The predicted octanol–water partition coefficient (Wildman–Crippen LogP) is 3.28. The number of aromatic nitrogens is 1. The number of hydrogen-bond donors (Lipinski definition) is 1. The van der Waals surface area contributed by atoms with E-state index < -0.39 is 23.5 Å². The third kappa shape index (κ3) is 3.30. The third-order valence-corrected chi connectivity index (χ3v) is 4.72. The zero-order valence-electron chi connectivity index (χ0n) is 11.8. The lowest BCUT2D eigenvalue weighted by molar-refractivity contribution is -0.176. The van der Waals surface area contributed by atoms with Gasteiger partial charge >= 0.3 is 12.1 Å². The molecule has 8 heteroatoms. The molecular formula is C13H17F3N2O2S. The molecule has 1 atom stereocenters. The Balaban J connectivity index is 2.16. The fourth-order valence-corrected chi connectivity index (χ4v) is 3.25. The van der Waals surface area contributed by atoms with E-state index in [1.54, 1.807) is 10.3 Å². The number of halogens is 3. The molecule has 0 radical (unpaired) electrons. The van der Waals surface area contributed by atoms with E-state index in [0.717, 1.165) is 0 Å². The van der Waals surface area contributed by atoms with E-state index >= 15 is 0 Å². The highest BCUT2D eigenvalue weighted by molar-refractivity contribution is 7.13. The van der Waals surface area contributed by atoms with Gasteiger partial charge in [-0.1, -0.05) is 0 Å². The van der Waals surface area contributed by atoms with Crippen LogP contribution in [0.5, 0.6) is 0 Å². The Labute approximate surface area is 124 Å². The molecule has 118 valence electrons. The number of anilines is 1. The van der Waals surface area contributed by atoms with Gasteiger partial charge in [-0.25, -0.2) is 4.98 Å². The molecule has 21 heavy (non-hydrogen) atoms. The Morgan fingerprint density at radius 3 is 2.71 bits per heavy atom. The van der Waals surface area contributed by atoms with Crippen molar-refractivity contribution in [2.45, 2.75) is 38.3 Å². The van der Waals surface area contributed by atoms with Crippen molar-refractivity contribution in [3.8, 4) is 0 Å². The molecule has 0 aliphatic carbocycles. The predicted molar refractivity (Wildman–Crippen MR) is 73.8 cm³/mol. The number of rotatable bonds is 3. The first-order valence-electron chi connectivity index (χ1n) is 6.63. The lowest BCUT2D eigenvalue weighted by atomic mass is 9.90. The normalized spacial score (nSPS) is 20.6. The number of alkyl halides is 3. The molecule has 2 heterocycles. The van der Waals surface area contributed by atoms with E-state index in [9.17, 15) is 18.0 Å². The Kier molecular flexibility index (Phi) is 4.19. The molecule has 0 bridgehead atoms. The fourth-order valence-electron chi connectivity index (χ4n) is 2.22. The van der Waals surface area contributed by atoms with Crippen LogP contribution in [-0.2, 0) is 10.2 Å². The van der Waals surface area contributed by atoms with Crippen LogP contribution in [0.2, 0.25) is 0 Å². The SMILES string of the molecule is CC(C)(C(=O)O)c1csc(N2CCCC(C(F)(F)F)C2)n1. The smallest absolute Gasteiger partial charge is 0.393 e. The number of nitrogens with zero attached hydrogens (tertiary/aromatic N) is 2. The highest BCUT2D eigenvalue weighted by atomic mass is 32.1. The third-order valence-electron chi connectivity index (χ3n) is 3.82. The summed E-state index contributed by atoms with van der Waals surface area (Å²) < 4.78 is 38.4. The summed E-state index contributed by atoms with van der Waals surface area (Å²) in [5.41, 5.74) is -0.766. The van der Waals surface area contributed by atoms with Crippen LogP contribution < -0.4 is 4.90 Å². The molecule has 0 saturated carbocycles. The van der Waals surface area contributed by atoms with E-state index in [1.807, 2.05) is 0 Å². The van der Waals surface area contributed by atoms with Gasteiger partial charge in [-0.2, -0.15) is 13.2 Å². The minimum atomic E-state index is -4.20. The van der Waals surface area contributed by atoms with Crippen molar-refractivity contribution >= 4 is 22.4 Å². The fraction of sp³-hybridized carbons (Fsp3) is 0.692. The van der Waals surface area contributed by atoms with Crippen LogP contribution in [0.15, 0.2) is 5.38 Å². The van der Waals surface area contributed by atoms with E-state index in [2.05, 4.69) is 4.98 Å². The van der Waals surface area contributed by atoms with Crippen LogP contribution in [0.4, 0.5) is 18.3 Å². The number of carboxylic acid groups (broad SMARTS) is 1. The van der Waals surface area contributed by atoms with Crippen molar-refractivity contribution < 1.29 is 23.1 Å². The Hall–Kier alpha value is -1.31. The van der Waals surface area contributed by atoms with Crippen LogP contribution in [0.1, 0.15) is 32.4 Å². The number of thiazole rings is 1. The van der Waals surface area contributed by atoms with Gasteiger partial charge in [0, 0.05) is 18.5 Å². The summed E-state index contributed by atoms with van der Waals surface area (Å²) in [5.74, 6) is -2.35. The molecule has 4 nitrogen and oxygen atoms in total. The molecule has 1 aromatic heterocycles. The number of aliphatic carboxylic acids is 1. The van der Waals surface area contributed by atoms with E-state index in [1.165, 1.54) is 25.2 Å². The molecule has 0 aromatic carbocycles. The summed E-state index contributed by atoms with van der Waals surface area (Å²) >= 11 is 1.20. The molecule has 1 aliphatic heterocycles. The first-order valence-corrected chi connectivity index (χ1v) is 7.51. The van der Waals surface area contributed by atoms with Gasteiger partial charge in [-0.05, 0) is 26.7 Å². The zero-order chi connectivity index (χ0) is 15.8. The molecule has 1 unspecified atom stereocenters. The first kappa shape index (κ1) is 16.1. The summed E-state index contributed by atoms with van der Waals surface area (Å²) in [6, 6.07) is 0. The van der Waals surface area contributed by atoms with Crippen molar-refractivity contribution in [3.05, 3.63) is 11.1 Å². The van der Waals surface area contributed by atoms with Crippen LogP contribution in [-0.4, -0.2) is 35.3 Å². The van der Waals surface area contributed by atoms with Gasteiger partial charge in [0.2, 0.25) is 0 Å². The van der Waals surface area contributed by atoms with Gasteiger partial charge in [-0.15, -0.1) is 11.3 Å².